The fraction of sp³-hybridized carbons (Fsp3) is 0.188. The Kier molecular flexibility index (Phi) is 7.00. The Morgan fingerprint density at radius 3 is 2.19 bits per heavy atom. The van der Waals surface area contributed by atoms with Gasteiger partial charge in [-0.25, -0.2) is 4.79 Å². The van der Waals surface area contributed by atoms with Gasteiger partial charge in [-0.2, -0.15) is 0 Å². The van der Waals surface area contributed by atoms with Gasteiger partial charge in [0.15, 0.2) is 0 Å². The molecule has 2 aromatic rings. The van der Waals surface area contributed by atoms with E-state index in [0.717, 1.165) is 0 Å². The number of hydrogen-bond donors (Lipinski definition) is 2. The molecule has 10 heteroatoms. The summed E-state index contributed by atoms with van der Waals surface area (Å²) in [6, 6.07) is 5.48. The molecule has 0 aliphatic heterocycles. The van der Waals surface area contributed by atoms with Crippen LogP contribution in [0.25, 0.3) is 0 Å². The number of amides is 2. The monoisotopic (exact) mass is 433 g/mol. The summed E-state index contributed by atoms with van der Waals surface area (Å²) in [6.45, 7) is 4.00. The highest BCUT2D eigenvalue weighted by molar-refractivity contribution is 7.99. The van der Waals surface area contributed by atoms with Crippen LogP contribution in [0.4, 0.5) is 16.2 Å². The van der Waals surface area contributed by atoms with Crippen LogP contribution in [-0.4, -0.2) is 17.5 Å². The highest BCUT2D eigenvalue weighted by Gasteiger charge is 2.18. The van der Waals surface area contributed by atoms with Crippen LogP contribution >= 0.6 is 46.6 Å². The van der Waals surface area contributed by atoms with Crippen molar-refractivity contribution in [3.63, 3.8) is 0 Å². The fourth-order valence-corrected chi connectivity index (χ4v) is 4.10. The summed E-state index contributed by atoms with van der Waals surface area (Å²) < 4.78 is 0. The summed E-state index contributed by atoms with van der Waals surface area (Å²) in [5, 5.41) is 17.0. The van der Waals surface area contributed by atoms with Crippen molar-refractivity contribution >= 4 is 64.0 Å². The number of non-ortho nitro benzene ring substituents is 1. The minimum Gasteiger partial charge on any atom is -0.338 e. The van der Waals surface area contributed by atoms with Crippen molar-refractivity contribution in [1.29, 1.82) is 0 Å². The zero-order chi connectivity index (χ0) is 19.4. The van der Waals surface area contributed by atoms with Gasteiger partial charge in [-0.1, -0.05) is 46.6 Å². The summed E-state index contributed by atoms with van der Waals surface area (Å²) in [7, 11) is 0. The van der Waals surface area contributed by atoms with E-state index in [-0.39, 0.29) is 16.7 Å². The van der Waals surface area contributed by atoms with E-state index in [1.54, 1.807) is 26.0 Å². The number of nitrogens with zero attached hydrogens (tertiary/aromatic N) is 1. The zero-order valence-corrected chi connectivity index (χ0v) is 16.8. The maximum atomic E-state index is 11.6. The first-order valence-electron chi connectivity index (χ1n) is 7.39. The van der Waals surface area contributed by atoms with Crippen LogP contribution in [0.2, 0.25) is 15.1 Å². The predicted molar refractivity (Wildman–Crippen MR) is 106 cm³/mol. The van der Waals surface area contributed by atoms with Crippen LogP contribution in [0.1, 0.15) is 12.5 Å². The number of nitro groups is 1. The average Bonchev–Trinajstić information content (AvgIpc) is 2.52. The van der Waals surface area contributed by atoms with Crippen molar-refractivity contribution in [2.45, 2.75) is 23.6 Å². The Hall–Kier alpha value is -1.67. The lowest BCUT2D eigenvalue weighted by atomic mass is 10.2. The molecule has 2 N–H and O–H groups in total. The molecule has 0 saturated carbocycles. The molecule has 2 aromatic carbocycles. The van der Waals surface area contributed by atoms with Gasteiger partial charge in [0.1, 0.15) is 0 Å². The third-order valence-electron chi connectivity index (χ3n) is 3.22. The normalized spacial score (nSPS) is 10.5. The Morgan fingerprint density at radius 2 is 1.69 bits per heavy atom. The minimum absolute atomic E-state index is 0.0875. The molecule has 26 heavy (non-hydrogen) atoms. The van der Waals surface area contributed by atoms with Crippen LogP contribution < -0.4 is 10.6 Å². The van der Waals surface area contributed by atoms with Crippen molar-refractivity contribution in [2.24, 2.45) is 0 Å². The smallest absolute Gasteiger partial charge is 0.319 e. The van der Waals surface area contributed by atoms with Gasteiger partial charge in [-0.15, -0.1) is 0 Å². The van der Waals surface area contributed by atoms with Gasteiger partial charge >= 0.3 is 6.03 Å². The highest BCUT2D eigenvalue weighted by atomic mass is 35.5. The van der Waals surface area contributed by atoms with Crippen molar-refractivity contribution in [2.75, 3.05) is 11.9 Å². The molecule has 0 spiro atoms. The molecule has 0 heterocycles. The number of nitro benzene ring substituents is 1. The molecule has 6 nitrogen and oxygen atoms in total. The van der Waals surface area contributed by atoms with Gasteiger partial charge in [-0.3, -0.25) is 10.1 Å². The number of benzene rings is 2. The molecule has 2 amide bonds. The number of urea groups is 1. The topological polar surface area (TPSA) is 84.3 Å². The lowest BCUT2D eigenvalue weighted by Crippen LogP contribution is -2.28. The number of carbonyl (C=O) groups excluding carboxylic acids is 1. The number of halogens is 3. The molecule has 0 atom stereocenters. The van der Waals surface area contributed by atoms with Gasteiger partial charge < -0.3 is 10.6 Å². The van der Waals surface area contributed by atoms with E-state index in [1.807, 2.05) is 0 Å². The van der Waals surface area contributed by atoms with E-state index in [0.29, 0.717) is 37.6 Å². The van der Waals surface area contributed by atoms with E-state index in [1.165, 1.54) is 23.9 Å². The largest absolute Gasteiger partial charge is 0.338 e. The molecule has 138 valence electrons. The lowest BCUT2D eigenvalue weighted by Gasteiger charge is -2.13. The number of hydrogen-bond acceptors (Lipinski definition) is 4. The molecule has 0 radical (unpaired) electrons. The van der Waals surface area contributed by atoms with Gasteiger partial charge in [0.2, 0.25) is 0 Å². The summed E-state index contributed by atoms with van der Waals surface area (Å²) >= 11 is 20.0. The summed E-state index contributed by atoms with van der Waals surface area (Å²) in [6.07, 6.45) is 0. The van der Waals surface area contributed by atoms with E-state index < -0.39 is 4.92 Å². The maximum absolute atomic E-state index is 11.6. The third kappa shape index (κ3) is 4.94. The Morgan fingerprint density at radius 1 is 1.12 bits per heavy atom. The van der Waals surface area contributed by atoms with Crippen molar-refractivity contribution in [1.82, 2.24) is 5.32 Å². The average molecular weight is 435 g/mol. The lowest BCUT2D eigenvalue weighted by molar-refractivity contribution is -0.384. The first-order chi connectivity index (χ1) is 12.2. The highest BCUT2D eigenvalue weighted by Crippen LogP contribution is 2.44. The van der Waals surface area contributed by atoms with E-state index in [4.69, 9.17) is 34.8 Å². The Balaban J connectivity index is 2.33. The van der Waals surface area contributed by atoms with Gasteiger partial charge in [0.05, 0.1) is 20.0 Å². The molecule has 2 rings (SSSR count). The summed E-state index contributed by atoms with van der Waals surface area (Å²) in [4.78, 5) is 23.2. The summed E-state index contributed by atoms with van der Waals surface area (Å²) in [5.74, 6) is 0. The maximum Gasteiger partial charge on any atom is 0.319 e. The predicted octanol–water partition coefficient (Wildman–Crippen LogP) is 6.16. The molecule has 0 unspecified atom stereocenters. The quantitative estimate of drug-likeness (QED) is 0.436. The molecule has 0 aliphatic rings. The molecular weight excluding hydrogens is 421 g/mol. The van der Waals surface area contributed by atoms with Crippen molar-refractivity contribution in [3.8, 4) is 0 Å². The van der Waals surface area contributed by atoms with Crippen LogP contribution in [-0.2, 0) is 0 Å². The first kappa shape index (κ1) is 20.6. The fourth-order valence-electron chi connectivity index (χ4n) is 2.11. The molecule has 0 bridgehead atoms. The van der Waals surface area contributed by atoms with Gasteiger partial charge in [0.25, 0.3) is 5.69 Å². The van der Waals surface area contributed by atoms with Crippen LogP contribution in [0.5, 0.6) is 0 Å². The Bertz CT molecular complexity index is 831. The van der Waals surface area contributed by atoms with Gasteiger partial charge in [0, 0.05) is 34.2 Å². The Labute approximate surface area is 169 Å². The summed E-state index contributed by atoms with van der Waals surface area (Å²) in [5.41, 5.74) is 0.989. The van der Waals surface area contributed by atoms with Crippen molar-refractivity contribution < 1.29 is 9.72 Å². The second kappa shape index (κ2) is 8.81. The number of carbonyl (C=O) groups is 1. The van der Waals surface area contributed by atoms with E-state index in [9.17, 15) is 14.9 Å². The van der Waals surface area contributed by atoms with E-state index >= 15 is 0 Å². The molecule has 0 aromatic heterocycles. The minimum atomic E-state index is -0.505. The number of nitrogens with one attached hydrogen (secondary N) is 2. The van der Waals surface area contributed by atoms with Crippen molar-refractivity contribution in [3.05, 3.63) is 55.0 Å². The van der Waals surface area contributed by atoms with E-state index in [2.05, 4.69) is 10.6 Å². The second-order valence-corrected chi connectivity index (χ2v) is 7.43. The zero-order valence-electron chi connectivity index (χ0n) is 13.7. The molecular formula is C16H14Cl3N3O3S. The third-order valence-corrected chi connectivity index (χ3v) is 5.84. The van der Waals surface area contributed by atoms with Gasteiger partial charge in [-0.05, 0) is 31.5 Å². The number of anilines is 1. The van der Waals surface area contributed by atoms with Crippen LogP contribution in [0.15, 0.2) is 34.1 Å². The standard InChI is InChI=1S/C16H14Cl3N3O3S/c1-3-20-16(23)21-9-5-11(17)15(12(18)6-9)26-14-8(2)4-10(22(24)25)7-13(14)19/h4-7H,3H2,1-2H3,(H2,20,21,23). The first-order valence-corrected chi connectivity index (χ1v) is 9.34. The van der Waals surface area contributed by atoms with Crippen LogP contribution in [0.3, 0.4) is 0 Å². The second-order valence-electron chi connectivity index (χ2n) is 5.19. The number of aryl methyl sites for hydroxylation is 1. The molecule has 0 saturated heterocycles. The number of rotatable bonds is 5. The molecule has 0 fully saturated rings. The molecule has 0 aliphatic carbocycles. The van der Waals surface area contributed by atoms with Crippen LogP contribution in [0, 0.1) is 17.0 Å². The SMILES string of the molecule is CCNC(=O)Nc1cc(Cl)c(Sc2c(C)cc([N+](=O)[O-])cc2Cl)c(Cl)c1.